The van der Waals surface area contributed by atoms with Gasteiger partial charge >= 0.3 is 0 Å². The molecule has 1 N–H and O–H groups in total. The Kier molecular flexibility index (Phi) is 5.37. The molecule has 0 saturated carbocycles. The maximum Gasteiger partial charge on any atom is 0.0670 e. The summed E-state index contributed by atoms with van der Waals surface area (Å²) in [6, 6.07) is 11.9. The van der Waals surface area contributed by atoms with Crippen LogP contribution in [0.15, 0.2) is 30.3 Å². The fraction of sp³-hybridized carbons (Fsp3) is 0.625. The molecule has 0 aliphatic carbocycles. The van der Waals surface area contributed by atoms with Crippen LogP contribution in [-0.4, -0.2) is 49.8 Å². The second-order valence-corrected chi connectivity index (χ2v) is 5.65. The zero-order chi connectivity index (χ0) is 13.7. The van der Waals surface area contributed by atoms with Crippen LogP contribution in [0.1, 0.15) is 19.4 Å². The minimum Gasteiger partial charge on any atom is -0.380 e. The van der Waals surface area contributed by atoms with Crippen LogP contribution in [0.25, 0.3) is 0 Å². The Morgan fingerprint density at radius 1 is 1.37 bits per heavy atom. The average molecular weight is 262 g/mol. The van der Waals surface area contributed by atoms with Crippen LogP contribution in [0.5, 0.6) is 0 Å². The molecule has 1 heterocycles. The molecule has 19 heavy (non-hydrogen) atoms. The van der Waals surface area contributed by atoms with Gasteiger partial charge in [0.15, 0.2) is 0 Å². The van der Waals surface area contributed by atoms with E-state index in [1.807, 2.05) is 0 Å². The SMILES string of the molecule is COC(C)CN1CC(C)NCC1Cc1ccccc1. The maximum atomic E-state index is 5.42. The number of nitrogens with one attached hydrogen (secondary N) is 1. The summed E-state index contributed by atoms with van der Waals surface area (Å²) in [5.41, 5.74) is 1.42. The molecule has 1 aromatic carbocycles. The van der Waals surface area contributed by atoms with E-state index < -0.39 is 0 Å². The lowest BCUT2D eigenvalue weighted by Gasteiger charge is -2.40. The van der Waals surface area contributed by atoms with Crippen molar-refractivity contribution in [2.24, 2.45) is 0 Å². The zero-order valence-electron chi connectivity index (χ0n) is 12.3. The predicted molar refractivity (Wildman–Crippen MR) is 79.4 cm³/mol. The van der Waals surface area contributed by atoms with E-state index in [-0.39, 0.29) is 0 Å². The molecule has 0 spiro atoms. The van der Waals surface area contributed by atoms with Gasteiger partial charge in [-0.1, -0.05) is 30.3 Å². The van der Waals surface area contributed by atoms with Crippen molar-refractivity contribution >= 4 is 0 Å². The Labute approximate surface area is 116 Å². The summed E-state index contributed by atoms with van der Waals surface area (Å²) in [6.07, 6.45) is 1.40. The van der Waals surface area contributed by atoms with E-state index in [0.717, 1.165) is 26.1 Å². The molecule has 1 aliphatic rings. The van der Waals surface area contributed by atoms with Crippen LogP contribution < -0.4 is 5.32 Å². The van der Waals surface area contributed by atoms with E-state index >= 15 is 0 Å². The van der Waals surface area contributed by atoms with E-state index in [4.69, 9.17) is 4.74 Å². The number of nitrogens with zero attached hydrogens (tertiary/aromatic N) is 1. The molecule has 0 aromatic heterocycles. The number of hydrogen-bond acceptors (Lipinski definition) is 3. The summed E-state index contributed by atoms with van der Waals surface area (Å²) >= 11 is 0. The lowest BCUT2D eigenvalue weighted by Crippen LogP contribution is -2.57. The second kappa shape index (κ2) is 7.04. The first-order chi connectivity index (χ1) is 9.19. The molecule has 2 rings (SSSR count). The first-order valence-electron chi connectivity index (χ1n) is 7.23. The molecule has 3 atom stereocenters. The van der Waals surface area contributed by atoms with E-state index in [0.29, 0.717) is 18.2 Å². The molecule has 0 radical (unpaired) electrons. The highest BCUT2D eigenvalue weighted by atomic mass is 16.5. The lowest BCUT2D eigenvalue weighted by molar-refractivity contribution is 0.0428. The molecule has 3 nitrogen and oxygen atoms in total. The number of benzene rings is 1. The normalized spacial score (nSPS) is 26.3. The molecule has 3 unspecified atom stereocenters. The van der Waals surface area contributed by atoms with E-state index in [1.165, 1.54) is 5.56 Å². The van der Waals surface area contributed by atoms with E-state index in [9.17, 15) is 0 Å². The van der Waals surface area contributed by atoms with Crippen LogP contribution in [0.2, 0.25) is 0 Å². The minimum atomic E-state index is 0.295. The molecule has 1 aromatic rings. The van der Waals surface area contributed by atoms with Crippen molar-refractivity contribution < 1.29 is 4.74 Å². The van der Waals surface area contributed by atoms with Crippen LogP contribution in [0.4, 0.5) is 0 Å². The van der Waals surface area contributed by atoms with Gasteiger partial charge in [-0.15, -0.1) is 0 Å². The molecule has 1 saturated heterocycles. The van der Waals surface area contributed by atoms with Crippen LogP contribution in [0.3, 0.4) is 0 Å². The summed E-state index contributed by atoms with van der Waals surface area (Å²) in [4.78, 5) is 2.57. The van der Waals surface area contributed by atoms with Gasteiger partial charge in [0.25, 0.3) is 0 Å². The summed E-state index contributed by atoms with van der Waals surface area (Å²) in [5, 5.41) is 3.59. The van der Waals surface area contributed by atoms with Crippen molar-refractivity contribution in [3.8, 4) is 0 Å². The van der Waals surface area contributed by atoms with Crippen molar-refractivity contribution in [3.63, 3.8) is 0 Å². The van der Waals surface area contributed by atoms with Crippen LogP contribution >= 0.6 is 0 Å². The Bertz CT molecular complexity index is 368. The summed E-state index contributed by atoms with van der Waals surface area (Å²) in [7, 11) is 1.79. The standard InChI is InChI=1S/C16H26N2O/c1-13-11-18(12-14(2)19-3)16(10-17-13)9-15-7-5-4-6-8-15/h4-8,13-14,16-17H,9-12H2,1-3H3. The van der Waals surface area contributed by atoms with Gasteiger partial charge in [0.1, 0.15) is 0 Å². The summed E-state index contributed by atoms with van der Waals surface area (Å²) in [5.74, 6) is 0. The maximum absolute atomic E-state index is 5.42. The Morgan fingerprint density at radius 3 is 2.79 bits per heavy atom. The fourth-order valence-corrected chi connectivity index (χ4v) is 2.75. The molecule has 106 valence electrons. The highest BCUT2D eigenvalue weighted by Crippen LogP contribution is 2.14. The quantitative estimate of drug-likeness (QED) is 0.877. The lowest BCUT2D eigenvalue weighted by atomic mass is 10.0. The first-order valence-corrected chi connectivity index (χ1v) is 7.23. The van der Waals surface area contributed by atoms with Gasteiger partial charge in [-0.05, 0) is 25.8 Å². The molecule has 1 fully saturated rings. The Morgan fingerprint density at radius 2 is 2.11 bits per heavy atom. The molecule has 0 bridgehead atoms. The number of methoxy groups -OCH3 is 1. The van der Waals surface area contributed by atoms with Crippen LogP contribution in [0, 0.1) is 0 Å². The topological polar surface area (TPSA) is 24.5 Å². The van der Waals surface area contributed by atoms with Crippen molar-refractivity contribution in [2.45, 2.75) is 38.5 Å². The number of rotatable bonds is 5. The van der Waals surface area contributed by atoms with Crippen molar-refractivity contribution in [1.82, 2.24) is 10.2 Å². The van der Waals surface area contributed by atoms with Gasteiger partial charge in [-0.25, -0.2) is 0 Å². The third kappa shape index (κ3) is 4.30. The zero-order valence-corrected chi connectivity index (χ0v) is 12.3. The number of piperazine rings is 1. The van der Waals surface area contributed by atoms with E-state index in [2.05, 4.69) is 54.4 Å². The summed E-state index contributed by atoms with van der Waals surface area (Å²) < 4.78 is 5.42. The highest BCUT2D eigenvalue weighted by Gasteiger charge is 2.26. The van der Waals surface area contributed by atoms with Crippen LogP contribution in [-0.2, 0) is 11.2 Å². The Balaban J connectivity index is 1.99. The minimum absolute atomic E-state index is 0.295. The fourth-order valence-electron chi connectivity index (χ4n) is 2.75. The van der Waals surface area contributed by atoms with Crippen molar-refractivity contribution in [1.29, 1.82) is 0 Å². The molecule has 3 heteroatoms. The largest absolute Gasteiger partial charge is 0.380 e. The van der Waals surface area contributed by atoms with Gasteiger partial charge in [-0.2, -0.15) is 0 Å². The molecule has 0 amide bonds. The van der Waals surface area contributed by atoms with Gasteiger partial charge in [-0.3, -0.25) is 4.90 Å². The van der Waals surface area contributed by atoms with Crippen molar-refractivity contribution in [2.75, 3.05) is 26.7 Å². The average Bonchev–Trinajstić information content (AvgIpc) is 2.43. The molecular weight excluding hydrogens is 236 g/mol. The number of ether oxygens (including phenoxy) is 1. The van der Waals surface area contributed by atoms with Gasteiger partial charge in [0.2, 0.25) is 0 Å². The smallest absolute Gasteiger partial charge is 0.0670 e. The second-order valence-electron chi connectivity index (χ2n) is 5.65. The summed E-state index contributed by atoms with van der Waals surface area (Å²) in [6.45, 7) is 7.58. The molecular formula is C16H26N2O. The van der Waals surface area contributed by atoms with E-state index in [1.54, 1.807) is 7.11 Å². The first kappa shape index (κ1) is 14.5. The number of hydrogen-bond donors (Lipinski definition) is 1. The van der Waals surface area contributed by atoms with Crippen molar-refractivity contribution in [3.05, 3.63) is 35.9 Å². The predicted octanol–water partition coefficient (Wildman–Crippen LogP) is 1.93. The molecule has 1 aliphatic heterocycles. The van der Waals surface area contributed by atoms with Gasteiger partial charge in [0.05, 0.1) is 6.10 Å². The third-order valence-electron chi connectivity index (χ3n) is 3.93. The third-order valence-corrected chi connectivity index (χ3v) is 3.93. The monoisotopic (exact) mass is 262 g/mol. The van der Waals surface area contributed by atoms with Gasteiger partial charge < -0.3 is 10.1 Å². The Hall–Kier alpha value is -0.900. The van der Waals surface area contributed by atoms with Gasteiger partial charge in [0, 0.05) is 38.8 Å². The highest BCUT2D eigenvalue weighted by molar-refractivity contribution is 5.16.